The molecule has 0 amide bonds. The molecule has 1 saturated carbocycles. The number of fused-ring (bicyclic) bond motifs is 6. The van der Waals surface area contributed by atoms with Crippen LogP contribution in [0.15, 0.2) is 48.5 Å². The number of ether oxygens (including phenoxy) is 2. The van der Waals surface area contributed by atoms with Gasteiger partial charge in [-0.3, -0.25) is 9.59 Å². The molecule has 4 heteroatoms. The summed E-state index contributed by atoms with van der Waals surface area (Å²) in [4.78, 5) is 24.7. The molecule has 0 radical (unpaired) electrons. The van der Waals surface area contributed by atoms with Crippen molar-refractivity contribution in [1.82, 2.24) is 0 Å². The van der Waals surface area contributed by atoms with Crippen LogP contribution in [0.25, 0.3) is 11.1 Å². The second-order valence-corrected chi connectivity index (χ2v) is 6.32. The predicted molar refractivity (Wildman–Crippen MR) is 88.4 cm³/mol. The van der Waals surface area contributed by atoms with Crippen LogP contribution in [0.5, 0.6) is 0 Å². The summed E-state index contributed by atoms with van der Waals surface area (Å²) < 4.78 is 9.97. The Hall–Kier alpha value is -2.62. The molecular weight excluding hydrogens is 304 g/mol. The summed E-state index contributed by atoms with van der Waals surface area (Å²) in [6, 6.07) is 16.2. The van der Waals surface area contributed by atoms with Crippen molar-refractivity contribution in [2.45, 2.75) is 11.8 Å². The fourth-order valence-corrected chi connectivity index (χ4v) is 4.45. The summed E-state index contributed by atoms with van der Waals surface area (Å²) in [5.41, 5.74) is 4.48. The number of esters is 2. The monoisotopic (exact) mass is 322 g/mol. The lowest BCUT2D eigenvalue weighted by Crippen LogP contribution is -2.53. The Kier molecular flexibility index (Phi) is 3.41. The highest BCUT2D eigenvalue weighted by Crippen LogP contribution is 2.63. The lowest BCUT2D eigenvalue weighted by Gasteiger charge is -2.52. The van der Waals surface area contributed by atoms with Gasteiger partial charge in [-0.2, -0.15) is 0 Å². The van der Waals surface area contributed by atoms with Crippen LogP contribution in [0.3, 0.4) is 0 Å². The molecule has 2 aromatic rings. The number of benzene rings is 2. The zero-order chi connectivity index (χ0) is 16.8. The van der Waals surface area contributed by atoms with Gasteiger partial charge in [0.25, 0.3) is 0 Å². The average Bonchev–Trinajstić information content (AvgIpc) is 2.61. The van der Waals surface area contributed by atoms with Crippen LogP contribution in [0.2, 0.25) is 0 Å². The summed E-state index contributed by atoms with van der Waals surface area (Å²) >= 11 is 0. The number of carbonyl (C=O) groups excluding carboxylic acids is 2. The first kappa shape index (κ1) is 14.9. The summed E-state index contributed by atoms with van der Waals surface area (Å²) in [6.07, 6.45) is 0. The maximum Gasteiger partial charge on any atom is 0.310 e. The third-order valence-electron chi connectivity index (χ3n) is 5.42. The molecule has 2 aromatic carbocycles. The van der Waals surface area contributed by atoms with Gasteiger partial charge in [-0.25, -0.2) is 0 Å². The molecule has 0 bridgehead atoms. The Labute approximate surface area is 140 Å². The topological polar surface area (TPSA) is 52.6 Å². The molecule has 0 saturated heterocycles. The van der Waals surface area contributed by atoms with E-state index in [1.165, 1.54) is 14.2 Å². The second-order valence-electron chi connectivity index (χ2n) is 6.32. The van der Waals surface area contributed by atoms with Gasteiger partial charge in [0.1, 0.15) is 0 Å². The first-order valence-electron chi connectivity index (χ1n) is 8.03. The smallest absolute Gasteiger partial charge is 0.310 e. The molecule has 0 unspecified atom stereocenters. The molecule has 0 spiro atoms. The standard InChI is InChI=1S/C20H18O4/c1-23-19(21)17-15-13-9-5-3-7-11(13)12-8-4-6-10-14(12)16(15)18(17)20(22)24-2/h3-10,15-18H,1-2H3/t15-,16+,17-,18-/m1/s1. The van der Waals surface area contributed by atoms with Crippen molar-refractivity contribution in [3.63, 3.8) is 0 Å². The van der Waals surface area contributed by atoms with Crippen molar-refractivity contribution in [2.75, 3.05) is 14.2 Å². The number of hydrogen-bond acceptors (Lipinski definition) is 4. The second kappa shape index (κ2) is 5.48. The highest BCUT2D eigenvalue weighted by atomic mass is 16.5. The Balaban J connectivity index is 1.92. The van der Waals surface area contributed by atoms with Gasteiger partial charge in [-0.05, 0) is 22.3 Å². The zero-order valence-electron chi connectivity index (χ0n) is 13.6. The molecule has 122 valence electrons. The summed E-state index contributed by atoms with van der Waals surface area (Å²) in [5, 5.41) is 0. The highest BCUT2D eigenvalue weighted by Gasteiger charge is 2.61. The van der Waals surface area contributed by atoms with E-state index in [0.29, 0.717) is 0 Å². The van der Waals surface area contributed by atoms with E-state index in [9.17, 15) is 9.59 Å². The first-order valence-corrected chi connectivity index (χ1v) is 8.03. The van der Waals surface area contributed by atoms with Gasteiger partial charge in [-0.15, -0.1) is 0 Å². The zero-order valence-corrected chi connectivity index (χ0v) is 13.6. The molecule has 2 aliphatic rings. The predicted octanol–water partition coefficient (Wildman–Crippen LogP) is 3.13. The Morgan fingerprint density at radius 1 is 0.708 bits per heavy atom. The van der Waals surface area contributed by atoms with Gasteiger partial charge in [0, 0.05) is 11.8 Å². The van der Waals surface area contributed by atoms with Gasteiger partial charge in [0.15, 0.2) is 0 Å². The number of hydrogen-bond donors (Lipinski definition) is 0. The van der Waals surface area contributed by atoms with Gasteiger partial charge in [-0.1, -0.05) is 48.5 Å². The number of carbonyl (C=O) groups is 2. The van der Waals surface area contributed by atoms with Gasteiger partial charge >= 0.3 is 11.9 Å². The van der Waals surface area contributed by atoms with E-state index in [0.717, 1.165) is 22.3 Å². The summed E-state index contributed by atoms with van der Waals surface area (Å²) in [5.74, 6) is -1.79. The van der Waals surface area contributed by atoms with E-state index in [1.54, 1.807) is 0 Å². The summed E-state index contributed by atoms with van der Waals surface area (Å²) in [6.45, 7) is 0. The molecule has 4 rings (SSSR count). The van der Waals surface area contributed by atoms with Crippen molar-refractivity contribution in [2.24, 2.45) is 11.8 Å². The normalized spacial score (nSPS) is 26.2. The third-order valence-corrected chi connectivity index (χ3v) is 5.42. The molecular formula is C20H18O4. The molecule has 4 atom stereocenters. The Morgan fingerprint density at radius 3 is 1.46 bits per heavy atom. The molecule has 0 heterocycles. The summed E-state index contributed by atoms with van der Waals surface area (Å²) in [7, 11) is 2.74. The Morgan fingerprint density at radius 2 is 1.08 bits per heavy atom. The molecule has 0 aliphatic heterocycles. The van der Waals surface area contributed by atoms with Crippen LogP contribution in [0.1, 0.15) is 23.0 Å². The van der Waals surface area contributed by atoms with Crippen LogP contribution >= 0.6 is 0 Å². The largest absolute Gasteiger partial charge is 0.469 e. The first-order chi connectivity index (χ1) is 11.7. The van der Waals surface area contributed by atoms with Gasteiger partial charge < -0.3 is 9.47 Å². The lowest BCUT2D eigenvalue weighted by molar-refractivity contribution is -0.168. The van der Waals surface area contributed by atoms with E-state index >= 15 is 0 Å². The minimum Gasteiger partial charge on any atom is -0.469 e. The lowest BCUT2D eigenvalue weighted by atomic mass is 9.49. The number of methoxy groups -OCH3 is 2. The molecule has 0 N–H and O–H groups in total. The van der Waals surface area contributed by atoms with Crippen LogP contribution in [-0.2, 0) is 19.1 Å². The minimum atomic E-state index is -0.498. The van der Waals surface area contributed by atoms with Crippen molar-refractivity contribution in [3.8, 4) is 11.1 Å². The van der Waals surface area contributed by atoms with E-state index in [4.69, 9.17) is 9.47 Å². The van der Waals surface area contributed by atoms with Crippen LogP contribution in [0, 0.1) is 11.8 Å². The quantitative estimate of drug-likeness (QED) is 0.797. The van der Waals surface area contributed by atoms with Gasteiger partial charge in [0.05, 0.1) is 26.1 Å². The van der Waals surface area contributed by atoms with E-state index in [2.05, 4.69) is 12.1 Å². The fraction of sp³-hybridized carbons (Fsp3) is 0.300. The van der Waals surface area contributed by atoms with E-state index < -0.39 is 11.8 Å². The minimum absolute atomic E-state index is 0.0485. The highest BCUT2D eigenvalue weighted by molar-refractivity contribution is 5.90. The fourth-order valence-electron chi connectivity index (χ4n) is 4.45. The third kappa shape index (κ3) is 1.86. The molecule has 0 aromatic heterocycles. The SMILES string of the molecule is COC(=O)[C@H]1[C@H](C(=O)OC)[C@@H]2c3ccccc3-c3ccccc3[C@H]12. The number of rotatable bonds is 2. The molecule has 24 heavy (non-hydrogen) atoms. The van der Waals surface area contributed by atoms with E-state index in [1.807, 2.05) is 36.4 Å². The molecule has 1 fully saturated rings. The van der Waals surface area contributed by atoms with Gasteiger partial charge in [0.2, 0.25) is 0 Å². The molecule has 2 aliphatic carbocycles. The van der Waals surface area contributed by atoms with Crippen LogP contribution in [-0.4, -0.2) is 26.2 Å². The van der Waals surface area contributed by atoms with Crippen LogP contribution < -0.4 is 0 Å². The maximum absolute atomic E-state index is 12.4. The van der Waals surface area contributed by atoms with Crippen molar-refractivity contribution >= 4 is 11.9 Å². The molecule has 4 nitrogen and oxygen atoms in total. The van der Waals surface area contributed by atoms with Crippen molar-refractivity contribution in [1.29, 1.82) is 0 Å². The van der Waals surface area contributed by atoms with Crippen molar-refractivity contribution in [3.05, 3.63) is 59.7 Å². The van der Waals surface area contributed by atoms with Crippen LogP contribution in [0.4, 0.5) is 0 Å². The average molecular weight is 322 g/mol. The maximum atomic E-state index is 12.4. The van der Waals surface area contributed by atoms with Crippen molar-refractivity contribution < 1.29 is 19.1 Å². The Bertz CT molecular complexity index is 756. The van der Waals surface area contributed by atoms with E-state index in [-0.39, 0.29) is 23.8 Å².